The van der Waals surface area contributed by atoms with Gasteiger partial charge in [-0.15, -0.1) is 0 Å². The summed E-state index contributed by atoms with van der Waals surface area (Å²) in [5, 5.41) is 30.6. The van der Waals surface area contributed by atoms with E-state index < -0.39 is 25.3 Å². The maximum atomic E-state index is 14.4. The Morgan fingerprint density at radius 3 is 2.64 bits per heavy atom. The van der Waals surface area contributed by atoms with Crippen molar-refractivity contribution in [1.82, 2.24) is 10.3 Å². The van der Waals surface area contributed by atoms with Crippen LogP contribution in [0, 0.1) is 11.3 Å². The number of hydrogen-bond acceptors (Lipinski definition) is 9. The topological polar surface area (TPSA) is 143 Å². The van der Waals surface area contributed by atoms with E-state index in [0.29, 0.717) is 64.0 Å². The molecule has 4 aromatic rings. The largest absolute Gasteiger partial charge is 0.489 e. The summed E-state index contributed by atoms with van der Waals surface area (Å²) >= 11 is 0. The molecule has 226 valence electrons. The Labute approximate surface area is 253 Å². The van der Waals surface area contributed by atoms with E-state index in [1.54, 1.807) is 30.5 Å². The van der Waals surface area contributed by atoms with Crippen molar-refractivity contribution >= 4 is 5.97 Å². The summed E-state index contributed by atoms with van der Waals surface area (Å²) in [4.78, 5) is 15.4. The fraction of sp³-hybridized carbons (Fsp3) is 0.242. The van der Waals surface area contributed by atoms with E-state index in [1.165, 1.54) is 6.20 Å². The molecule has 0 fully saturated rings. The van der Waals surface area contributed by atoms with Gasteiger partial charge in [-0.1, -0.05) is 30.3 Å². The molecule has 1 atom stereocenters. The molecule has 3 aromatic carbocycles. The minimum absolute atomic E-state index is 0.0778. The Balaban J connectivity index is 1.36. The van der Waals surface area contributed by atoms with Crippen molar-refractivity contribution in [2.75, 3.05) is 19.8 Å². The highest BCUT2D eigenvalue weighted by molar-refractivity contribution is 5.73. The number of alkyl halides is 1. The van der Waals surface area contributed by atoms with Crippen molar-refractivity contribution in [2.45, 2.75) is 32.5 Å². The summed E-state index contributed by atoms with van der Waals surface area (Å²) < 4.78 is 37.9. The summed E-state index contributed by atoms with van der Waals surface area (Å²) in [6.07, 6.45) is 3.03. The van der Waals surface area contributed by atoms with Crippen molar-refractivity contribution in [1.29, 1.82) is 5.26 Å². The van der Waals surface area contributed by atoms with Crippen LogP contribution in [0.25, 0.3) is 11.1 Å². The van der Waals surface area contributed by atoms with Crippen LogP contribution in [0.5, 0.6) is 23.0 Å². The Bertz CT molecular complexity index is 1670. The number of halogens is 1. The molecule has 2 heterocycles. The van der Waals surface area contributed by atoms with Crippen molar-refractivity contribution < 1.29 is 38.3 Å². The number of nitriles is 1. The Morgan fingerprint density at radius 1 is 1.02 bits per heavy atom. The minimum Gasteiger partial charge on any atom is -0.489 e. The first-order valence-corrected chi connectivity index (χ1v) is 13.9. The summed E-state index contributed by atoms with van der Waals surface area (Å²) in [6.45, 7) is -0.0937. The molecule has 1 aliphatic rings. The van der Waals surface area contributed by atoms with Crippen LogP contribution in [0.3, 0.4) is 0 Å². The van der Waals surface area contributed by atoms with Gasteiger partial charge in [0.05, 0.1) is 12.2 Å². The van der Waals surface area contributed by atoms with Gasteiger partial charge in [0, 0.05) is 36.1 Å². The molecule has 0 saturated carbocycles. The number of aromatic nitrogens is 1. The van der Waals surface area contributed by atoms with E-state index in [0.717, 1.165) is 11.1 Å². The van der Waals surface area contributed by atoms with Gasteiger partial charge >= 0.3 is 5.97 Å². The number of hydrogen-bond donors (Lipinski definition) is 3. The SMILES string of the molecule is N#Cc1cncc(COc2cc(OCc3cccc(-c4ccc5c(c4)OCCO5)c3CF)ccc2CN[C@@H](CO)C(=O)O)c1. The Hall–Kier alpha value is -5.18. The minimum atomic E-state index is -1.18. The lowest BCUT2D eigenvalue weighted by molar-refractivity contribution is -0.140. The molecule has 44 heavy (non-hydrogen) atoms. The number of nitrogens with zero attached hydrogens (tertiary/aromatic N) is 2. The molecular formula is C33H30FN3O7. The second-order valence-electron chi connectivity index (χ2n) is 9.93. The van der Waals surface area contributed by atoms with Crippen LogP contribution in [-0.2, 0) is 31.2 Å². The Kier molecular flexibility index (Phi) is 9.86. The van der Waals surface area contributed by atoms with Gasteiger partial charge in [-0.05, 0) is 46.5 Å². The third kappa shape index (κ3) is 7.23. The van der Waals surface area contributed by atoms with Crippen LogP contribution in [0.2, 0.25) is 0 Å². The van der Waals surface area contributed by atoms with Crippen LogP contribution in [-0.4, -0.2) is 47.0 Å². The standard InChI is InChI=1S/C33H30FN3O7/c34-13-28-25(2-1-3-27(28)23-5-7-30-32(11-23)42-9-8-41-30)20-43-26-6-4-24(17-37-29(18-38)33(39)40)31(12-26)44-19-22-10-21(14-35)15-36-16-22/h1-7,10-12,15-16,29,37-38H,8-9,13,17-20H2,(H,39,40)/t29-/m0/s1. The molecule has 0 aliphatic carbocycles. The number of carbonyl (C=O) groups is 1. The average molecular weight is 600 g/mol. The molecule has 0 spiro atoms. The predicted molar refractivity (Wildman–Crippen MR) is 157 cm³/mol. The number of ether oxygens (including phenoxy) is 4. The number of aliphatic carboxylic acids is 1. The lowest BCUT2D eigenvalue weighted by atomic mass is 9.96. The zero-order chi connectivity index (χ0) is 30.9. The molecule has 0 unspecified atom stereocenters. The molecule has 10 nitrogen and oxygen atoms in total. The average Bonchev–Trinajstić information content (AvgIpc) is 3.06. The van der Waals surface area contributed by atoms with E-state index >= 15 is 0 Å². The van der Waals surface area contributed by atoms with Gasteiger partial charge in [0.25, 0.3) is 0 Å². The van der Waals surface area contributed by atoms with Crippen molar-refractivity contribution in [3.8, 4) is 40.2 Å². The molecule has 0 radical (unpaired) electrons. The third-order valence-electron chi connectivity index (χ3n) is 7.03. The van der Waals surface area contributed by atoms with E-state index in [2.05, 4.69) is 10.3 Å². The quantitative estimate of drug-likeness (QED) is 0.200. The number of aliphatic hydroxyl groups is 1. The summed E-state index contributed by atoms with van der Waals surface area (Å²) in [7, 11) is 0. The molecule has 1 aliphatic heterocycles. The molecule has 0 amide bonds. The molecule has 5 rings (SSSR count). The van der Waals surface area contributed by atoms with Crippen LogP contribution >= 0.6 is 0 Å². The maximum absolute atomic E-state index is 14.4. The first-order valence-electron chi connectivity index (χ1n) is 13.9. The fourth-order valence-electron chi connectivity index (χ4n) is 4.73. The summed E-state index contributed by atoms with van der Waals surface area (Å²) in [6, 6.07) is 18.7. The number of carboxylic acid groups (broad SMARTS) is 1. The normalized spacial score (nSPS) is 12.7. The number of carboxylic acids is 1. The highest BCUT2D eigenvalue weighted by atomic mass is 19.1. The van der Waals surface area contributed by atoms with Gasteiger partial charge in [-0.2, -0.15) is 5.26 Å². The van der Waals surface area contributed by atoms with Gasteiger partial charge < -0.3 is 29.2 Å². The second kappa shape index (κ2) is 14.3. The first-order chi connectivity index (χ1) is 21.5. The predicted octanol–water partition coefficient (Wildman–Crippen LogP) is 4.55. The second-order valence-corrected chi connectivity index (χ2v) is 9.93. The highest BCUT2D eigenvalue weighted by Gasteiger charge is 2.18. The zero-order valence-electron chi connectivity index (χ0n) is 23.7. The summed E-state index contributed by atoms with van der Waals surface area (Å²) in [5.41, 5.74) is 4.35. The van der Waals surface area contributed by atoms with Crippen LogP contribution < -0.4 is 24.3 Å². The maximum Gasteiger partial charge on any atom is 0.323 e. The molecule has 3 N–H and O–H groups in total. The molecule has 0 saturated heterocycles. The van der Waals surface area contributed by atoms with Crippen LogP contribution in [0.1, 0.15) is 27.8 Å². The number of benzene rings is 3. The van der Waals surface area contributed by atoms with E-state index in [-0.39, 0.29) is 19.8 Å². The Morgan fingerprint density at radius 2 is 1.86 bits per heavy atom. The van der Waals surface area contributed by atoms with Gasteiger partial charge in [0.2, 0.25) is 0 Å². The van der Waals surface area contributed by atoms with Crippen LogP contribution in [0.4, 0.5) is 4.39 Å². The number of nitrogens with one attached hydrogen (secondary N) is 1. The fourth-order valence-corrected chi connectivity index (χ4v) is 4.73. The molecule has 0 bridgehead atoms. The van der Waals surface area contributed by atoms with Crippen molar-refractivity contribution in [3.63, 3.8) is 0 Å². The van der Waals surface area contributed by atoms with Crippen molar-refractivity contribution in [3.05, 3.63) is 101 Å². The first kappa shape index (κ1) is 30.3. The number of pyridine rings is 1. The zero-order valence-corrected chi connectivity index (χ0v) is 23.7. The lowest BCUT2D eigenvalue weighted by Gasteiger charge is -2.20. The smallest absolute Gasteiger partial charge is 0.323 e. The van der Waals surface area contributed by atoms with Gasteiger partial charge in [-0.25, -0.2) is 4.39 Å². The molecule has 1 aromatic heterocycles. The van der Waals surface area contributed by atoms with Gasteiger partial charge in [0.15, 0.2) is 11.5 Å². The number of rotatable bonds is 13. The molecule has 11 heteroatoms. The van der Waals surface area contributed by atoms with E-state index in [1.807, 2.05) is 42.5 Å². The van der Waals surface area contributed by atoms with E-state index in [4.69, 9.17) is 18.9 Å². The van der Waals surface area contributed by atoms with Crippen molar-refractivity contribution in [2.24, 2.45) is 0 Å². The van der Waals surface area contributed by atoms with E-state index in [9.17, 15) is 24.7 Å². The number of fused-ring (bicyclic) bond motifs is 1. The van der Waals surface area contributed by atoms with Gasteiger partial charge in [0.1, 0.15) is 56.7 Å². The van der Waals surface area contributed by atoms with Crippen LogP contribution in [0.15, 0.2) is 73.1 Å². The summed E-state index contributed by atoms with van der Waals surface area (Å²) in [5.74, 6) is 0.929. The van der Waals surface area contributed by atoms with Gasteiger partial charge in [-0.3, -0.25) is 15.1 Å². The lowest BCUT2D eigenvalue weighted by Crippen LogP contribution is -2.39. The molecular weight excluding hydrogens is 569 g/mol. The highest BCUT2D eigenvalue weighted by Crippen LogP contribution is 2.37. The monoisotopic (exact) mass is 599 g/mol. The third-order valence-corrected chi connectivity index (χ3v) is 7.03. The number of aliphatic hydroxyl groups excluding tert-OH is 1.